The number of rotatable bonds is 5. The van der Waals surface area contributed by atoms with E-state index in [0.717, 1.165) is 22.6 Å². The number of hydrogen-bond acceptors (Lipinski definition) is 5. The highest BCUT2D eigenvalue weighted by atomic mass is 35.5. The number of methoxy groups -OCH3 is 1. The molecule has 4 rings (SSSR count). The third-order valence-electron chi connectivity index (χ3n) is 5.32. The van der Waals surface area contributed by atoms with Crippen LogP contribution in [0.2, 0.25) is 5.02 Å². The van der Waals surface area contributed by atoms with Crippen molar-refractivity contribution < 1.29 is 19.4 Å². The van der Waals surface area contributed by atoms with Crippen molar-refractivity contribution in [3.8, 4) is 11.4 Å². The number of halogens is 1. The summed E-state index contributed by atoms with van der Waals surface area (Å²) >= 11 is 12.9. The number of carboxylic acids is 1. The highest BCUT2D eigenvalue weighted by molar-refractivity contribution is 8.27. The predicted molar refractivity (Wildman–Crippen MR) is 136 cm³/mol. The summed E-state index contributed by atoms with van der Waals surface area (Å²) in [5, 5.41) is 9.53. The number of thioether (sulfide) groups is 1. The molecule has 9 heteroatoms. The molecule has 6 nitrogen and oxygen atoms in total. The van der Waals surface area contributed by atoms with Crippen LogP contribution in [0.15, 0.2) is 53.4 Å². The summed E-state index contributed by atoms with van der Waals surface area (Å²) in [7, 11) is 1.53. The van der Waals surface area contributed by atoms with Gasteiger partial charge in [0.1, 0.15) is 5.75 Å². The largest absolute Gasteiger partial charge is 0.495 e. The molecule has 1 aliphatic rings. The normalized spacial score (nSPS) is 14.9. The maximum atomic E-state index is 13.2. The van der Waals surface area contributed by atoms with Crippen LogP contribution in [0.25, 0.3) is 11.8 Å². The number of carboxylic acid groups (broad SMARTS) is 1. The standard InChI is InChI=1S/C24H19ClN2O4S2/c1-13-10-16(14(2)26(13)17-6-4-15(5-7-17)23(29)30)11-21-22(28)27(24(32)33-21)18-8-9-20(31-3)19(25)12-18/h4-12H,1-3H3,(H,29,30)/b21-11+. The Balaban J connectivity index is 1.67. The van der Waals surface area contributed by atoms with Crippen molar-refractivity contribution in [1.82, 2.24) is 4.57 Å². The van der Waals surface area contributed by atoms with Crippen molar-refractivity contribution in [3.05, 3.63) is 81.0 Å². The highest BCUT2D eigenvalue weighted by Crippen LogP contribution is 2.39. The van der Waals surface area contributed by atoms with Crippen LogP contribution in [0.4, 0.5) is 5.69 Å². The fourth-order valence-corrected chi connectivity index (χ4v) is 5.25. The van der Waals surface area contributed by atoms with E-state index in [0.29, 0.717) is 25.7 Å². The van der Waals surface area contributed by atoms with Gasteiger partial charge in [-0.25, -0.2) is 4.79 Å². The first-order valence-corrected chi connectivity index (χ1v) is 11.5. The number of carbonyl (C=O) groups excluding carboxylic acids is 1. The Morgan fingerprint density at radius 3 is 2.39 bits per heavy atom. The molecule has 1 N–H and O–H groups in total. The summed E-state index contributed by atoms with van der Waals surface area (Å²) in [6.45, 7) is 3.91. The SMILES string of the molecule is COc1ccc(N2C(=O)/C(=C\c3cc(C)n(-c4ccc(C(=O)O)cc4)c3C)SC2=S)cc1Cl. The molecule has 1 amide bonds. The van der Waals surface area contributed by atoms with Crippen molar-refractivity contribution >= 4 is 63.5 Å². The number of amides is 1. The Kier molecular flexibility index (Phi) is 6.34. The van der Waals surface area contributed by atoms with Crippen molar-refractivity contribution in [2.75, 3.05) is 12.0 Å². The molecule has 0 atom stereocenters. The summed E-state index contributed by atoms with van der Waals surface area (Å²) in [5.41, 5.74) is 4.41. The second-order valence-electron chi connectivity index (χ2n) is 7.35. The summed E-state index contributed by atoms with van der Waals surface area (Å²) in [5.74, 6) is -0.671. The fraction of sp³-hybridized carbons (Fsp3) is 0.125. The van der Waals surface area contributed by atoms with Crippen LogP contribution >= 0.6 is 35.6 Å². The minimum absolute atomic E-state index is 0.221. The average molecular weight is 499 g/mol. The molecule has 1 fully saturated rings. The second kappa shape index (κ2) is 9.05. The zero-order chi connectivity index (χ0) is 23.9. The number of hydrogen-bond donors (Lipinski definition) is 1. The number of aromatic nitrogens is 1. The number of ether oxygens (including phenoxy) is 1. The van der Waals surface area contributed by atoms with E-state index in [1.165, 1.54) is 23.8 Å². The van der Waals surface area contributed by atoms with Gasteiger partial charge in [-0.2, -0.15) is 0 Å². The van der Waals surface area contributed by atoms with Crippen LogP contribution in [0.3, 0.4) is 0 Å². The van der Waals surface area contributed by atoms with Gasteiger partial charge in [0.25, 0.3) is 5.91 Å². The molecular formula is C24H19ClN2O4S2. The van der Waals surface area contributed by atoms with Gasteiger partial charge in [-0.3, -0.25) is 9.69 Å². The number of anilines is 1. The summed E-state index contributed by atoms with van der Waals surface area (Å²) in [6.07, 6.45) is 1.83. The lowest BCUT2D eigenvalue weighted by Gasteiger charge is -2.15. The number of thiocarbonyl (C=S) groups is 1. The minimum atomic E-state index is -0.969. The summed E-state index contributed by atoms with van der Waals surface area (Å²) in [4.78, 5) is 26.3. The van der Waals surface area contributed by atoms with Gasteiger partial charge in [0, 0.05) is 17.1 Å². The van der Waals surface area contributed by atoms with Gasteiger partial charge in [-0.15, -0.1) is 0 Å². The number of aromatic carboxylic acids is 1. The molecular weight excluding hydrogens is 480 g/mol. The molecule has 3 aromatic rings. The third kappa shape index (κ3) is 4.29. The molecule has 0 radical (unpaired) electrons. The first-order chi connectivity index (χ1) is 15.7. The third-order valence-corrected chi connectivity index (χ3v) is 6.91. The summed E-state index contributed by atoms with van der Waals surface area (Å²) < 4.78 is 7.62. The lowest BCUT2D eigenvalue weighted by Crippen LogP contribution is -2.27. The molecule has 2 aromatic carbocycles. The van der Waals surface area contributed by atoms with Gasteiger partial charge < -0.3 is 14.4 Å². The molecule has 2 heterocycles. The smallest absolute Gasteiger partial charge is 0.335 e. The van der Waals surface area contributed by atoms with Gasteiger partial charge >= 0.3 is 5.97 Å². The van der Waals surface area contributed by atoms with E-state index in [-0.39, 0.29) is 11.5 Å². The van der Waals surface area contributed by atoms with E-state index < -0.39 is 5.97 Å². The van der Waals surface area contributed by atoms with Crippen LogP contribution in [-0.4, -0.2) is 33.0 Å². The van der Waals surface area contributed by atoms with Crippen molar-refractivity contribution in [2.24, 2.45) is 0 Å². The van der Waals surface area contributed by atoms with E-state index in [4.69, 9.17) is 33.7 Å². The van der Waals surface area contributed by atoms with Crippen LogP contribution in [0, 0.1) is 13.8 Å². The van der Waals surface area contributed by atoms with Crippen molar-refractivity contribution in [1.29, 1.82) is 0 Å². The number of carbonyl (C=O) groups is 2. The average Bonchev–Trinajstić information content (AvgIpc) is 3.22. The quantitative estimate of drug-likeness (QED) is 0.351. The van der Waals surface area contributed by atoms with Gasteiger partial charge in [0.2, 0.25) is 0 Å². The Morgan fingerprint density at radius 2 is 1.79 bits per heavy atom. The molecule has 0 spiro atoms. The van der Waals surface area contributed by atoms with Crippen LogP contribution < -0.4 is 9.64 Å². The maximum absolute atomic E-state index is 13.2. The molecule has 1 aliphatic heterocycles. The van der Waals surface area contributed by atoms with Crippen LogP contribution in [-0.2, 0) is 4.79 Å². The first-order valence-electron chi connectivity index (χ1n) is 9.85. The van der Waals surface area contributed by atoms with Crippen molar-refractivity contribution in [3.63, 3.8) is 0 Å². The minimum Gasteiger partial charge on any atom is -0.495 e. The summed E-state index contributed by atoms with van der Waals surface area (Å²) in [6, 6.07) is 13.7. The lowest BCUT2D eigenvalue weighted by atomic mass is 10.2. The maximum Gasteiger partial charge on any atom is 0.335 e. The lowest BCUT2D eigenvalue weighted by molar-refractivity contribution is -0.113. The van der Waals surface area contributed by atoms with Gasteiger partial charge in [-0.1, -0.05) is 35.6 Å². The van der Waals surface area contributed by atoms with E-state index in [2.05, 4.69) is 0 Å². The molecule has 1 saturated heterocycles. The Morgan fingerprint density at radius 1 is 1.12 bits per heavy atom. The Bertz CT molecular complexity index is 1330. The monoisotopic (exact) mass is 498 g/mol. The van der Waals surface area contributed by atoms with Crippen LogP contribution in [0.1, 0.15) is 27.3 Å². The van der Waals surface area contributed by atoms with E-state index >= 15 is 0 Å². The molecule has 0 bridgehead atoms. The molecule has 0 unspecified atom stereocenters. The number of aryl methyl sites for hydroxylation is 1. The molecule has 0 aliphatic carbocycles. The van der Waals surface area contributed by atoms with Crippen LogP contribution in [0.5, 0.6) is 5.75 Å². The molecule has 168 valence electrons. The van der Waals surface area contributed by atoms with E-state index in [9.17, 15) is 9.59 Å². The molecule has 1 aromatic heterocycles. The molecule has 0 saturated carbocycles. The number of nitrogens with zero attached hydrogens (tertiary/aromatic N) is 2. The van der Waals surface area contributed by atoms with E-state index in [1.807, 2.05) is 30.6 Å². The first kappa shape index (κ1) is 23.1. The van der Waals surface area contributed by atoms with Gasteiger partial charge in [0.05, 0.1) is 28.3 Å². The van der Waals surface area contributed by atoms with Gasteiger partial charge in [0.15, 0.2) is 4.32 Å². The van der Waals surface area contributed by atoms with Gasteiger partial charge in [-0.05, 0) is 74.0 Å². The predicted octanol–water partition coefficient (Wildman–Crippen LogP) is 5.86. The van der Waals surface area contributed by atoms with Crippen molar-refractivity contribution in [2.45, 2.75) is 13.8 Å². The number of benzene rings is 2. The van der Waals surface area contributed by atoms with E-state index in [1.54, 1.807) is 42.5 Å². The highest BCUT2D eigenvalue weighted by Gasteiger charge is 2.34. The fourth-order valence-electron chi connectivity index (χ4n) is 3.71. The Hall–Kier alpha value is -3.07. The molecule has 33 heavy (non-hydrogen) atoms. The Labute approximate surface area is 205 Å². The zero-order valence-electron chi connectivity index (χ0n) is 18.0. The zero-order valence-corrected chi connectivity index (χ0v) is 20.3. The second-order valence-corrected chi connectivity index (χ2v) is 9.43. The topological polar surface area (TPSA) is 71.8 Å².